The fraction of sp³-hybridized carbons (Fsp3) is 0.600. The molecule has 0 fully saturated rings. The molecule has 1 aromatic rings. The van der Waals surface area contributed by atoms with Crippen molar-refractivity contribution in [3.8, 4) is 5.75 Å². The molecule has 0 saturated heterocycles. The molecule has 102 valence electrons. The largest absolute Gasteiger partial charge is 0.493 e. The van der Waals surface area contributed by atoms with Gasteiger partial charge in [0.05, 0.1) is 6.61 Å². The first kappa shape index (κ1) is 15.4. The second kappa shape index (κ2) is 7.05. The Bertz CT molecular complexity index is 371. The Hall–Kier alpha value is -0.670. The smallest absolute Gasteiger partial charge is 0.123 e. The number of ether oxygens (including phenoxy) is 1. The standard InChI is InChI=1S/C15H25NOS/c1-15(2,3)13-7-6-12(11-18-4)10-14(13)17-9-5-8-16/h6-7,10H,5,8-9,11,16H2,1-4H3. The van der Waals surface area contributed by atoms with Gasteiger partial charge in [0.25, 0.3) is 0 Å². The predicted molar refractivity (Wildman–Crippen MR) is 81.5 cm³/mol. The summed E-state index contributed by atoms with van der Waals surface area (Å²) in [4.78, 5) is 0. The summed E-state index contributed by atoms with van der Waals surface area (Å²) < 4.78 is 5.90. The van der Waals surface area contributed by atoms with Gasteiger partial charge in [0.2, 0.25) is 0 Å². The average Bonchev–Trinajstić information content (AvgIpc) is 2.28. The van der Waals surface area contributed by atoms with Gasteiger partial charge in [-0.15, -0.1) is 0 Å². The lowest BCUT2D eigenvalue weighted by atomic mass is 9.86. The molecule has 2 nitrogen and oxygen atoms in total. The average molecular weight is 267 g/mol. The first-order valence-corrected chi connectivity index (χ1v) is 7.83. The highest BCUT2D eigenvalue weighted by Crippen LogP contribution is 2.32. The SMILES string of the molecule is CSCc1ccc(C(C)(C)C)c(OCCCN)c1. The lowest BCUT2D eigenvalue weighted by Crippen LogP contribution is -2.15. The lowest BCUT2D eigenvalue weighted by Gasteiger charge is -2.23. The van der Waals surface area contributed by atoms with Crippen LogP contribution >= 0.6 is 11.8 Å². The Morgan fingerprint density at radius 3 is 2.56 bits per heavy atom. The molecule has 0 bridgehead atoms. The van der Waals surface area contributed by atoms with Crippen LogP contribution in [0.25, 0.3) is 0 Å². The van der Waals surface area contributed by atoms with Crippen LogP contribution < -0.4 is 10.5 Å². The number of hydrogen-bond acceptors (Lipinski definition) is 3. The molecule has 0 radical (unpaired) electrons. The van der Waals surface area contributed by atoms with E-state index in [1.807, 2.05) is 11.8 Å². The number of benzene rings is 1. The minimum absolute atomic E-state index is 0.107. The number of nitrogens with two attached hydrogens (primary N) is 1. The molecule has 0 amide bonds. The molecular formula is C15H25NOS. The first-order valence-electron chi connectivity index (χ1n) is 6.44. The summed E-state index contributed by atoms with van der Waals surface area (Å²) in [7, 11) is 0. The highest BCUT2D eigenvalue weighted by Gasteiger charge is 2.19. The van der Waals surface area contributed by atoms with E-state index < -0.39 is 0 Å². The molecule has 0 aliphatic heterocycles. The number of thioether (sulfide) groups is 1. The van der Waals surface area contributed by atoms with Gasteiger partial charge in [-0.05, 0) is 41.8 Å². The first-order chi connectivity index (χ1) is 8.49. The van der Waals surface area contributed by atoms with Crippen molar-refractivity contribution in [3.05, 3.63) is 29.3 Å². The van der Waals surface area contributed by atoms with Crippen LogP contribution in [-0.2, 0) is 11.2 Å². The Labute approximate surface area is 115 Å². The Kier molecular flexibility index (Phi) is 6.03. The third kappa shape index (κ3) is 4.54. The lowest BCUT2D eigenvalue weighted by molar-refractivity contribution is 0.304. The van der Waals surface area contributed by atoms with E-state index in [0.29, 0.717) is 13.2 Å². The van der Waals surface area contributed by atoms with Gasteiger partial charge in [-0.25, -0.2) is 0 Å². The van der Waals surface area contributed by atoms with Crippen molar-refractivity contribution in [2.75, 3.05) is 19.4 Å². The molecule has 0 aromatic heterocycles. The zero-order chi connectivity index (χ0) is 13.6. The van der Waals surface area contributed by atoms with Crippen molar-refractivity contribution in [1.82, 2.24) is 0 Å². The quantitative estimate of drug-likeness (QED) is 0.800. The van der Waals surface area contributed by atoms with E-state index in [1.165, 1.54) is 11.1 Å². The van der Waals surface area contributed by atoms with Crippen molar-refractivity contribution in [2.24, 2.45) is 5.73 Å². The van der Waals surface area contributed by atoms with E-state index >= 15 is 0 Å². The van der Waals surface area contributed by atoms with Gasteiger partial charge in [0.1, 0.15) is 5.75 Å². The van der Waals surface area contributed by atoms with Crippen LogP contribution in [0.1, 0.15) is 38.3 Å². The molecule has 18 heavy (non-hydrogen) atoms. The summed E-state index contributed by atoms with van der Waals surface area (Å²) in [5.41, 5.74) is 8.20. The van der Waals surface area contributed by atoms with Crippen LogP contribution in [0.4, 0.5) is 0 Å². The summed E-state index contributed by atoms with van der Waals surface area (Å²) in [6, 6.07) is 6.57. The van der Waals surface area contributed by atoms with Crippen LogP contribution in [0.5, 0.6) is 5.75 Å². The van der Waals surface area contributed by atoms with Crippen molar-refractivity contribution in [1.29, 1.82) is 0 Å². The fourth-order valence-electron chi connectivity index (χ4n) is 1.83. The van der Waals surface area contributed by atoms with Crippen molar-refractivity contribution >= 4 is 11.8 Å². The minimum Gasteiger partial charge on any atom is -0.493 e. The van der Waals surface area contributed by atoms with Gasteiger partial charge in [0, 0.05) is 5.75 Å². The maximum atomic E-state index is 5.90. The van der Waals surface area contributed by atoms with Crippen LogP contribution in [0.2, 0.25) is 0 Å². The van der Waals surface area contributed by atoms with E-state index in [-0.39, 0.29) is 5.41 Å². The van der Waals surface area contributed by atoms with E-state index in [0.717, 1.165) is 17.9 Å². The van der Waals surface area contributed by atoms with Gasteiger partial charge in [-0.2, -0.15) is 11.8 Å². The van der Waals surface area contributed by atoms with Crippen LogP contribution in [0, 0.1) is 0 Å². The van der Waals surface area contributed by atoms with Gasteiger partial charge < -0.3 is 10.5 Å². The molecule has 0 saturated carbocycles. The Morgan fingerprint density at radius 1 is 1.28 bits per heavy atom. The maximum Gasteiger partial charge on any atom is 0.123 e. The summed E-state index contributed by atoms with van der Waals surface area (Å²) in [5, 5.41) is 0. The molecule has 1 aromatic carbocycles. The summed E-state index contributed by atoms with van der Waals surface area (Å²) in [5.74, 6) is 2.04. The molecule has 0 unspecified atom stereocenters. The summed E-state index contributed by atoms with van der Waals surface area (Å²) in [6.45, 7) is 8.02. The second-order valence-electron chi connectivity index (χ2n) is 5.50. The van der Waals surface area contributed by atoms with Crippen LogP contribution in [0.3, 0.4) is 0 Å². The van der Waals surface area contributed by atoms with Gasteiger partial charge >= 0.3 is 0 Å². The van der Waals surface area contributed by atoms with Crippen LogP contribution in [-0.4, -0.2) is 19.4 Å². The van der Waals surface area contributed by atoms with E-state index in [1.54, 1.807) is 0 Å². The molecular weight excluding hydrogens is 242 g/mol. The summed E-state index contributed by atoms with van der Waals surface area (Å²) in [6.07, 6.45) is 3.02. The number of rotatable bonds is 6. The molecule has 3 heteroatoms. The molecule has 2 N–H and O–H groups in total. The minimum atomic E-state index is 0.107. The molecule has 0 aliphatic carbocycles. The number of hydrogen-bond donors (Lipinski definition) is 1. The molecule has 0 spiro atoms. The highest BCUT2D eigenvalue weighted by atomic mass is 32.2. The van der Waals surface area contributed by atoms with E-state index in [4.69, 9.17) is 10.5 Å². The monoisotopic (exact) mass is 267 g/mol. The second-order valence-corrected chi connectivity index (χ2v) is 6.37. The molecule has 0 heterocycles. The van der Waals surface area contributed by atoms with Crippen molar-refractivity contribution < 1.29 is 4.74 Å². The van der Waals surface area contributed by atoms with Crippen LogP contribution in [0.15, 0.2) is 18.2 Å². The topological polar surface area (TPSA) is 35.2 Å². The predicted octanol–water partition coefficient (Wildman–Crippen LogP) is 3.57. The third-order valence-corrected chi connectivity index (χ3v) is 3.39. The Morgan fingerprint density at radius 2 is 2.00 bits per heavy atom. The zero-order valence-electron chi connectivity index (χ0n) is 12.0. The molecule has 1 rings (SSSR count). The van der Waals surface area contributed by atoms with E-state index in [2.05, 4.69) is 45.2 Å². The normalized spacial score (nSPS) is 11.6. The van der Waals surface area contributed by atoms with Crippen molar-refractivity contribution in [3.63, 3.8) is 0 Å². The molecule has 0 atom stereocenters. The highest BCUT2D eigenvalue weighted by molar-refractivity contribution is 7.97. The van der Waals surface area contributed by atoms with Gasteiger partial charge in [-0.1, -0.05) is 32.9 Å². The summed E-state index contributed by atoms with van der Waals surface area (Å²) >= 11 is 1.83. The van der Waals surface area contributed by atoms with Crippen molar-refractivity contribution in [2.45, 2.75) is 38.4 Å². The fourth-order valence-corrected chi connectivity index (χ4v) is 2.34. The van der Waals surface area contributed by atoms with E-state index in [9.17, 15) is 0 Å². The Balaban J connectivity index is 2.94. The maximum absolute atomic E-state index is 5.90. The molecule has 0 aliphatic rings. The van der Waals surface area contributed by atoms with Gasteiger partial charge in [-0.3, -0.25) is 0 Å². The van der Waals surface area contributed by atoms with Gasteiger partial charge in [0.15, 0.2) is 0 Å². The third-order valence-electron chi connectivity index (χ3n) is 2.77. The zero-order valence-corrected chi connectivity index (χ0v) is 12.8.